The van der Waals surface area contributed by atoms with Gasteiger partial charge in [0.05, 0.1) is 13.3 Å². The van der Waals surface area contributed by atoms with Gasteiger partial charge in [-0.3, -0.25) is 0 Å². The van der Waals surface area contributed by atoms with E-state index >= 15 is 0 Å². The van der Waals surface area contributed by atoms with E-state index in [1.54, 1.807) is 13.3 Å². The average Bonchev–Trinajstić information content (AvgIpc) is 2.45. The zero-order chi connectivity index (χ0) is 9.84. The molecule has 0 spiro atoms. The topological polar surface area (TPSA) is 53.1 Å². The largest absolute Gasteiger partial charge is 0.481 e. The SMILES string of the molecule is COc1c(CN)cnn1CC(C)C. The molecule has 13 heavy (non-hydrogen) atoms. The lowest BCUT2D eigenvalue weighted by molar-refractivity contribution is 0.340. The van der Waals surface area contributed by atoms with Gasteiger partial charge in [-0.1, -0.05) is 13.8 Å². The van der Waals surface area contributed by atoms with Gasteiger partial charge in [0.15, 0.2) is 0 Å². The Hall–Kier alpha value is -1.03. The molecule has 0 saturated carbocycles. The summed E-state index contributed by atoms with van der Waals surface area (Å²) < 4.78 is 7.08. The van der Waals surface area contributed by atoms with Gasteiger partial charge >= 0.3 is 0 Å². The van der Waals surface area contributed by atoms with Gasteiger partial charge in [-0.05, 0) is 5.92 Å². The van der Waals surface area contributed by atoms with Crippen LogP contribution in [-0.4, -0.2) is 16.9 Å². The lowest BCUT2D eigenvalue weighted by atomic mass is 10.2. The fourth-order valence-corrected chi connectivity index (χ4v) is 1.27. The Balaban J connectivity index is 2.87. The van der Waals surface area contributed by atoms with Crippen molar-refractivity contribution in [1.29, 1.82) is 0 Å². The normalized spacial score (nSPS) is 10.8. The maximum absolute atomic E-state index is 5.54. The van der Waals surface area contributed by atoms with Crippen molar-refractivity contribution in [3.63, 3.8) is 0 Å². The van der Waals surface area contributed by atoms with Crippen LogP contribution in [0.2, 0.25) is 0 Å². The van der Waals surface area contributed by atoms with Crippen molar-refractivity contribution in [1.82, 2.24) is 9.78 Å². The zero-order valence-corrected chi connectivity index (χ0v) is 8.45. The smallest absolute Gasteiger partial charge is 0.216 e. The maximum atomic E-state index is 5.54. The van der Waals surface area contributed by atoms with E-state index in [0.29, 0.717) is 12.5 Å². The Kier molecular flexibility index (Phi) is 3.31. The minimum absolute atomic E-state index is 0.473. The highest BCUT2D eigenvalue weighted by Gasteiger charge is 2.10. The lowest BCUT2D eigenvalue weighted by Gasteiger charge is -2.09. The number of rotatable bonds is 4. The van der Waals surface area contributed by atoms with Crippen molar-refractivity contribution >= 4 is 0 Å². The van der Waals surface area contributed by atoms with Gasteiger partial charge < -0.3 is 10.5 Å². The molecule has 1 aromatic rings. The molecule has 0 amide bonds. The standard InChI is InChI=1S/C9H17N3O/c1-7(2)6-12-9(13-3)8(4-10)5-11-12/h5,7H,4,6,10H2,1-3H3. The number of hydrogen-bond acceptors (Lipinski definition) is 3. The Morgan fingerprint density at radius 2 is 2.31 bits per heavy atom. The van der Waals surface area contributed by atoms with E-state index in [9.17, 15) is 0 Å². The van der Waals surface area contributed by atoms with Crippen LogP contribution in [0.25, 0.3) is 0 Å². The highest BCUT2D eigenvalue weighted by Crippen LogP contribution is 2.18. The number of nitrogens with two attached hydrogens (primary N) is 1. The number of hydrogen-bond donors (Lipinski definition) is 1. The summed E-state index contributed by atoms with van der Waals surface area (Å²) in [6, 6.07) is 0. The second kappa shape index (κ2) is 4.28. The number of nitrogens with zero attached hydrogens (tertiary/aromatic N) is 2. The second-order valence-corrected chi connectivity index (χ2v) is 3.46. The molecule has 4 heteroatoms. The Labute approximate surface area is 78.7 Å². The summed E-state index contributed by atoms with van der Waals surface area (Å²) in [5, 5.41) is 4.21. The third-order valence-corrected chi connectivity index (χ3v) is 1.81. The van der Waals surface area contributed by atoms with E-state index in [0.717, 1.165) is 18.0 Å². The van der Waals surface area contributed by atoms with Crippen molar-refractivity contribution in [2.75, 3.05) is 7.11 Å². The summed E-state index contributed by atoms with van der Waals surface area (Å²) in [6.07, 6.45) is 1.77. The van der Waals surface area contributed by atoms with Gasteiger partial charge in [0, 0.05) is 18.7 Å². The molecule has 1 heterocycles. The molecule has 1 aromatic heterocycles. The van der Waals surface area contributed by atoms with E-state index in [1.807, 2.05) is 4.68 Å². The van der Waals surface area contributed by atoms with Crippen LogP contribution in [0.3, 0.4) is 0 Å². The van der Waals surface area contributed by atoms with Crippen molar-refractivity contribution < 1.29 is 4.74 Å². The zero-order valence-electron chi connectivity index (χ0n) is 8.45. The van der Waals surface area contributed by atoms with Crippen molar-refractivity contribution in [2.45, 2.75) is 26.9 Å². The molecule has 4 nitrogen and oxygen atoms in total. The molecule has 0 aliphatic carbocycles. The van der Waals surface area contributed by atoms with E-state index in [4.69, 9.17) is 10.5 Å². The Morgan fingerprint density at radius 1 is 1.62 bits per heavy atom. The first kappa shape index (κ1) is 10.1. The van der Waals surface area contributed by atoms with Crippen LogP contribution in [0.15, 0.2) is 6.20 Å². The summed E-state index contributed by atoms with van der Waals surface area (Å²) >= 11 is 0. The summed E-state index contributed by atoms with van der Waals surface area (Å²) in [5.74, 6) is 1.34. The van der Waals surface area contributed by atoms with Gasteiger partial charge in [0.1, 0.15) is 0 Å². The van der Waals surface area contributed by atoms with Crippen LogP contribution in [0.5, 0.6) is 5.88 Å². The quantitative estimate of drug-likeness (QED) is 0.757. The fourth-order valence-electron chi connectivity index (χ4n) is 1.27. The highest BCUT2D eigenvalue weighted by molar-refractivity contribution is 5.23. The number of ether oxygens (including phenoxy) is 1. The molecule has 2 N–H and O–H groups in total. The minimum atomic E-state index is 0.473. The van der Waals surface area contributed by atoms with Gasteiger partial charge in [-0.25, -0.2) is 4.68 Å². The number of aromatic nitrogens is 2. The first-order valence-corrected chi connectivity index (χ1v) is 4.47. The Bertz CT molecular complexity index is 268. The summed E-state index contributed by atoms with van der Waals surface area (Å²) in [6.45, 7) is 5.62. The van der Waals surface area contributed by atoms with Crippen LogP contribution < -0.4 is 10.5 Å². The molecule has 0 radical (unpaired) electrons. The van der Waals surface area contributed by atoms with Crippen LogP contribution in [0.1, 0.15) is 19.4 Å². The molecule has 74 valence electrons. The molecular weight excluding hydrogens is 166 g/mol. The molecule has 0 aromatic carbocycles. The van der Waals surface area contributed by atoms with Crippen LogP contribution in [-0.2, 0) is 13.1 Å². The predicted octanol–water partition coefficient (Wildman–Crippen LogP) is 1.01. The van der Waals surface area contributed by atoms with E-state index in [-0.39, 0.29) is 0 Å². The predicted molar refractivity (Wildman–Crippen MR) is 51.5 cm³/mol. The molecule has 0 aliphatic rings. The monoisotopic (exact) mass is 183 g/mol. The van der Waals surface area contributed by atoms with Crippen LogP contribution >= 0.6 is 0 Å². The summed E-state index contributed by atoms with van der Waals surface area (Å²) in [4.78, 5) is 0. The minimum Gasteiger partial charge on any atom is -0.481 e. The first-order chi connectivity index (χ1) is 6.19. The van der Waals surface area contributed by atoms with Crippen LogP contribution in [0.4, 0.5) is 0 Å². The molecule has 0 aliphatic heterocycles. The van der Waals surface area contributed by atoms with Crippen molar-refractivity contribution in [3.8, 4) is 5.88 Å². The molecule has 0 saturated heterocycles. The van der Waals surface area contributed by atoms with Crippen molar-refractivity contribution in [3.05, 3.63) is 11.8 Å². The van der Waals surface area contributed by atoms with Gasteiger partial charge in [0.25, 0.3) is 0 Å². The van der Waals surface area contributed by atoms with E-state index in [2.05, 4.69) is 18.9 Å². The van der Waals surface area contributed by atoms with E-state index < -0.39 is 0 Å². The fraction of sp³-hybridized carbons (Fsp3) is 0.667. The van der Waals surface area contributed by atoms with E-state index in [1.165, 1.54) is 0 Å². The molecule has 1 rings (SSSR count). The molecule has 0 atom stereocenters. The second-order valence-electron chi connectivity index (χ2n) is 3.46. The van der Waals surface area contributed by atoms with Gasteiger partial charge in [0.2, 0.25) is 5.88 Å². The summed E-state index contributed by atoms with van der Waals surface area (Å²) in [5.41, 5.74) is 6.50. The highest BCUT2D eigenvalue weighted by atomic mass is 16.5. The van der Waals surface area contributed by atoms with Crippen LogP contribution in [0, 0.1) is 5.92 Å². The molecule has 0 bridgehead atoms. The Morgan fingerprint density at radius 3 is 2.77 bits per heavy atom. The molecule has 0 unspecified atom stereocenters. The first-order valence-electron chi connectivity index (χ1n) is 4.47. The third kappa shape index (κ3) is 2.21. The average molecular weight is 183 g/mol. The molecular formula is C9H17N3O. The third-order valence-electron chi connectivity index (χ3n) is 1.81. The van der Waals surface area contributed by atoms with Gasteiger partial charge in [-0.15, -0.1) is 0 Å². The summed E-state index contributed by atoms with van der Waals surface area (Å²) in [7, 11) is 1.65. The molecule has 0 fully saturated rings. The maximum Gasteiger partial charge on any atom is 0.216 e. The van der Waals surface area contributed by atoms with Gasteiger partial charge in [-0.2, -0.15) is 5.10 Å². The lowest BCUT2D eigenvalue weighted by Crippen LogP contribution is -2.08. The number of methoxy groups -OCH3 is 1. The van der Waals surface area contributed by atoms with Crippen molar-refractivity contribution in [2.24, 2.45) is 11.7 Å².